The fourth-order valence-corrected chi connectivity index (χ4v) is 6.74. The molecule has 1 aliphatic rings. The average Bonchev–Trinajstić information content (AvgIpc) is 3.23. The van der Waals surface area contributed by atoms with Crippen LogP contribution in [0.3, 0.4) is 0 Å². The van der Waals surface area contributed by atoms with Gasteiger partial charge in [-0.25, -0.2) is 4.79 Å². The van der Waals surface area contributed by atoms with Crippen molar-refractivity contribution in [3.63, 3.8) is 0 Å². The van der Waals surface area contributed by atoms with E-state index >= 15 is 0 Å². The number of hydrogen-bond acceptors (Lipinski definition) is 6. The van der Waals surface area contributed by atoms with E-state index in [1.807, 2.05) is 55.5 Å². The van der Waals surface area contributed by atoms with Gasteiger partial charge >= 0.3 is 16.1 Å². The highest BCUT2D eigenvalue weighted by Crippen LogP contribution is 2.53. The Morgan fingerprint density at radius 2 is 1.58 bits per heavy atom. The highest BCUT2D eigenvalue weighted by atomic mass is 35.5. The van der Waals surface area contributed by atoms with E-state index in [-0.39, 0.29) is 10.6 Å². The van der Waals surface area contributed by atoms with Crippen molar-refractivity contribution in [3.05, 3.63) is 120 Å². The zero-order valence-electron chi connectivity index (χ0n) is 23.1. The average molecular weight is 608 g/mol. The number of carbonyl (C=O) groups is 1. The number of halogens is 1. The van der Waals surface area contributed by atoms with Crippen LogP contribution in [0, 0.1) is 6.92 Å². The summed E-state index contributed by atoms with van der Waals surface area (Å²) >= 11 is 6.41. The van der Waals surface area contributed by atoms with Crippen molar-refractivity contribution in [2.45, 2.75) is 11.8 Å². The zero-order valence-corrected chi connectivity index (χ0v) is 24.7. The molecule has 2 amide bonds. The fourth-order valence-electron chi connectivity index (χ4n) is 5.48. The summed E-state index contributed by atoms with van der Waals surface area (Å²) in [6.45, 7) is 1.86. The first-order valence-corrected chi connectivity index (χ1v) is 15.2. The van der Waals surface area contributed by atoms with Gasteiger partial charge in [-0.05, 0) is 63.9 Å². The zero-order chi connectivity index (χ0) is 29.9. The van der Waals surface area contributed by atoms with Gasteiger partial charge in [-0.3, -0.25) is 14.9 Å². The molecule has 212 valence electrons. The molecule has 10 heteroatoms. The highest BCUT2D eigenvalue weighted by Gasteiger charge is 2.60. The Bertz CT molecular complexity index is 2210. The highest BCUT2D eigenvalue weighted by molar-refractivity contribution is 7.86. The topological polar surface area (TPSA) is 89.5 Å². The van der Waals surface area contributed by atoms with Crippen LogP contribution in [-0.4, -0.2) is 31.5 Å². The number of nitrogens with zero attached hydrogens (tertiary/aromatic N) is 4. The lowest BCUT2D eigenvalue weighted by Crippen LogP contribution is -2.51. The number of aryl methyl sites for hydroxylation is 1. The predicted molar refractivity (Wildman–Crippen MR) is 169 cm³/mol. The molecule has 2 aromatic heterocycles. The molecule has 0 aliphatic carbocycles. The fraction of sp³-hybridized carbons (Fsp3) is 0.0606. The number of aromatic nitrogens is 2. The van der Waals surface area contributed by atoms with Crippen molar-refractivity contribution in [1.82, 2.24) is 14.6 Å². The SMILES string of the molecule is Cc1ccc(S(=O)(=O)O[N+]2(c3cccc(Cl)c3)C(=O)N(C)c3cnc4ccc(-c5cnc6ccccc6c5)cc4c32)cc1. The number of fused-ring (bicyclic) bond motifs is 4. The molecular formula is C33H24ClN4O4S+. The molecule has 0 bridgehead atoms. The van der Waals surface area contributed by atoms with E-state index in [1.54, 1.807) is 49.8 Å². The van der Waals surface area contributed by atoms with Crippen molar-refractivity contribution < 1.29 is 17.5 Å². The smallest absolute Gasteiger partial charge is 0.256 e. The van der Waals surface area contributed by atoms with Crippen LogP contribution in [0.5, 0.6) is 0 Å². The maximum atomic E-state index is 14.3. The largest absolute Gasteiger partial charge is 0.468 e. The molecule has 0 saturated heterocycles. The summed E-state index contributed by atoms with van der Waals surface area (Å²) in [6.07, 6.45) is 3.34. The number of anilines is 1. The number of hydrogen-bond donors (Lipinski definition) is 0. The van der Waals surface area contributed by atoms with Gasteiger partial charge in [0, 0.05) is 41.3 Å². The minimum atomic E-state index is -4.48. The molecule has 8 nitrogen and oxygen atoms in total. The van der Waals surface area contributed by atoms with Gasteiger partial charge in [-0.1, -0.05) is 59.6 Å². The molecule has 3 heterocycles. The predicted octanol–water partition coefficient (Wildman–Crippen LogP) is 7.94. The summed E-state index contributed by atoms with van der Waals surface area (Å²) in [6, 6.07) is 27.6. The Morgan fingerprint density at radius 3 is 2.37 bits per heavy atom. The van der Waals surface area contributed by atoms with Gasteiger partial charge in [0.25, 0.3) is 0 Å². The van der Waals surface area contributed by atoms with E-state index in [1.165, 1.54) is 23.1 Å². The minimum Gasteiger partial charge on any atom is -0.256 e. The molecule has 1 unspecified atom stereocenters. The van der Waals surface area contributed by atoms with Crippen LogP contribution >= 0.6 is 11.6 Å². The van der Waals surface area contributed by atoms with Crippen LogP contribution in [0.4, 0.5) is 21.9 Å². The first-order valence-electron chi connectivity index (χ1n) is 13.4. The quantitative estimate of drug-likeness (QED) is 0.185. The third-order valence-electron chi connectivity index (χ3n) is 7.67. The molecule has 0 N–H and O–H groups in total. The number of rotatable bonds is 5. The van der Waals surface area contributed by atoms with Gasteiger partial charge in [0.05, 0.1) is 27.5 Å². The summed E-state index contributed by atoms with van der Waals surface area (Å²) in [5.41, 5.74) is 4.92. The van der Waals surface area contributed by atoms with Crippen molar-refractivity contribution in [3.8, 4) is 11.1 Å². The Hall–Kier alpha value is -4.67. The van der Waals surface area contributed by atoms with E-state index in [0.29, 0.717) is 27.3 Å². The van der Waals surface area contributed by atoms with Gasteiger partial charge < -0.3 is 0 Å². The van der Waals surface area contributed by atoms with E-state index in [9.17, 15) is 13.2 Å². The lowest BCUT2D eigenvalue weighted by atomic mass is 10.0. The monoisotopic (exact) mass is 607 g/mol. The number of carbonyl (C=O) groups excluding carboxylic acids is 1. The number of hydroxylamine groups is 1. The van der Waals surface area contributed by atoms with Crippen LogP contribution in [0.25, 0.3) is 32.9 Å². The second-order valence-electron chi connectivity index (χ2n) is 10.4. The Morgan fingerprint density at radius 1 is 0.814 bits per heavy atom. The van der Waals surface area contributed by atoms with E-state index in [4.69, 9.17) is 15.9 Å². The van der Waals surface area contributed by atoms with Gasteiger partial charge in [-0.2, -0.15) is 8.42 Å². The van der Waals surface area contributed by atoms with Gasteiger partial charge in [0.2, 0.25) is 5.69 Å². The first kappa shape index (κ1) is 27.2. The molecule has 6 aromatic rings. The third-order valence-corrected chi connectivity index (χ3v) is 9.17. The Balaban J connectivity index is 1.51. The van der Waals surface area contributed by atoms with E-state index in [2.05, 4.69) is 9.97 Å². The van der Waals surface area contributed by atoms with E-state index < -0.39 is 20.8 Å². The Labute approximate surface area is 253 Å². The van der Waals surface area contributed by atoms with Gasteiger partial charge in [-0.15, -0.1) is 0 Å². The standard InChI is InChI=1S/C33H24ClN4O4S/c1-21-10-13-27(14-11-21)43(40,41)42-38(26-8-5-7-25(34)18-26)32-28-17-22(24-16-23-6-3-4-9-29(23)35-19-24)12-15-30(28)36-20-31(32)37(2)33(38)39/h3-20H,1-2H3/q+1. The summed E-state index contributed by atoms with van der Waals surface area (Å²) in [5.74, 6) is 0. The van der Waals surface area contributed by atoms with Crippen LogP contribution in [0.1, 0.15) is 5.56 Å². The number of urea groups is 1. The number of quaternary nitrogens is 1. The van der Waals surface area contributed by atoms with Gasteiger partial charge in [0.1, 0.15) is 5.69 Å². The lowest BCUT2D eigenvalue weighted by molar-refractivity contribution is 0.0639. The number of pyridine rings is 2. The molecule has 1 atom stereocenters. The van der Waals surface area contributed by atoms with E-state index in [0.717, 1.165) is 27.6 Å². The normalized spacial score (nSPS) is 16.6. The maximum Gasteiger partial charge on any atom is 0.468 e. The van der Waals surface area contributed by atoms with Crippen LogP contribution < -0.4 is 9.55 Å². The summed E-state index contributed by atoms with van der Waals surface area (Å²) < 4.78 is 32.8. The second-order valence-corrected chi connectivity index (χ2v) is 12.4. The molecule has 0 radical (unpaired) electrons. The summed E-state index contributed by atoms with van der Waals surface area (Å²) in [4.78, 5) is 24.8. The number of benzene rings is 4. The molecule has 4 aromatic carbocycles. The van der Waals surface area contributed by atoms with Crippen LogP contribution in [0.15, 0.2) is 114 Å². The molecule has 1 aliphatic heterocycles. The number of para-hydroxylation sites is 1. The molecule has 0 spiro atoms. The maximum absolute atomic E-state index is 14.3. The molecule has 0 saturated carbocycles. The third kappa shape index (κ3) is 4.36. The molecule has 0 fully saturated rings. The van der Waals surface area contributed by atoms with Crippen LogP contribution in [0.2, 0.25) is 5.02 Å². The molecule has 7 rings (SSSR count). The van der Waals surface area contributed by atoms with Crippen molar-refractivity contribution >= 4 is 66.6 Å². The van der Waals surface area contributed by atoms with Crippen molar-refractivity contribution in [2.75, 3.05) is 11.9 Å². The minimum absolute atomic E-state index is 0.0807. The van der Waals surface area contributed by atoms with Crippen LogP contribution in [-0.2, 0) is 14.4 Å². The van der Waals surface area contributed by atoms with Crippen molar-refractivity contribution in [1.29, 1.82) is 0 Å². The molecule has 43 heavy (non-hydrogen) atoms. The molecular weight excluding hydrogens is 584 g/mol. The van der Waals surface area contributed by atoms with Gasteiger partial charge in [0.15, 0.2) is 5.69 Å². The summed E-state index contributed by atoms with van der Waals surface area (Å²) in [5, 5.41) is 1.83. The van der Waals surface area contributed by atoms with Crippen molar-refractivity contribution in [2.24, 2.45) is 0 Å². The Kier molecular flexibility index (Phi) is 6.30. The first-order chi connectivity index (χ1) is 20.7. The lowest BCUT2D eigenvalue weighted by Gasteiger charge is -2.27. The number of amides is 2. The second kappa shape index (κ2) is 9.96. The summed E-state index contributed by atoms with van der Waals surface area (Å²) in [7, 11) is -2.92.